The van der Waals surface area contributed by atoms with Crippen LogP contribution in [-0.4, -0.2) is 40.4 Å². The molecule has 0 aliphatic rings. The van der Waals surface area contributed by atoms with Crippen LogP contribution in [0.15, 0.2) is 24.3 Å². The van der Waals surface area contributed by atoms with E-state index in [-0.39, 0.29) is 18.1 Å². The smallest absolute Gasteiger partial charge is 0.355 e. The molecule has 2 heterocycles. The SMILES string of the molecule is CCOC(=O)c1c(C)[nH]c(C(=O)O[C@@H](C)C(=O)c2c(C)[nH]c3ccccc23)c1C. The second-order valence-corrected chi connectivity index (χ2v) is 6.93. The van der Waals surface area contributed by atoms with Crippen molar-refractivity contribution in [3.8, 4) is 0 Å². The van der Waals surface area contributed by atoms with Crippen LogP contribution in [0.3, 0.4) is 0 Å². The number of nitrogens with one attached hydrogen (secondary N) is 2. The van der Waals surface area contributed by atoms with Crippen LogP contribution in [0.5, 0.6) is 0 Å². The van der Waals surface area contributed by atoms with E-state index in [2.05, 4.69) is 9.97 Å². The molecule has 0 aliphatic heterocycles. The third-order valence-electron chi connectivity index (χ3n) is 4.91. The Morgan fingerprint density at radius 1 is 0.966 bits per heavy atom. The van der Waals surface area contributed by atoms with Crippen LogP contribution in [0.1, 0.15) is 62.0 Å². The first-order chi connectivity index (χ1) is 13.8. The largest absolute Gasteiger partial charge is 0.462 e. The molecule has 0 aliphatic carbocycles. The number of esters is 2. The predicted octanol–water partition coefficient (Wildman–Crippen LogP) is 4.03. The van der Waals surface area contributed by atoms with Crippen molar-refractivity contribution >= 4 is 28.6 Å². The van der Waals surface area contributed by atoms with Crippen LogP contribution < -0.4 is 0 Å². The second kappa shape index (κ2) is 7.95. The minimum Gasteiger partial charge on any atom is -0.462 e. The number of aromatic amines is 2. The maximum absolute atomic E-state index is 13.0. The van der Waals surface area contributed by atoms with E-state index in [9.17, 15) is 14.4 Å². The number of ketones is 1. The maximum atomic E-state index is 13.0. The van der Waals surface area contributed by atoms with E-state index in [0.29, 0.717) is 22.4 Å². The number of aromatic nitrogens is 2. The molecule has 0 unspecified atom stereocenters. The number of fused-ring (bicyclic) bond motifs is 1. The van der Waals surface area contributed by atoms with Gasteiger partial charge in [0, 0.05) is 27.9 Å². The third-order valence-corrected chi connectivity index (χ3v) is 4.91. The van der Waals surface area contributed by atoms with E-state index in [4.69, 9.17) is 9.47 Å². The Kier molecular flexibility index (Phi) is 5.59. The van der Waals surface area contributed by atoms with Gasteiger partial charge in [-0.1, -0.05) is 18.2 Å². The Balaban J connectivity index is 1.84. The van der Waals surface area contributed by atoms with Gasteiger partial charge in [0.1, 0.15) is 5.69 Å². The molecule has 0 amide bonds. The van der Waals surface area contributed by atoms with E-state index in [0.717, 1.165) is 16.6 Å². The van der Waals surface area contributed by atoms with Crippen molar-refractivity contribution in [2.75, 3.05) is 6.61 Å². The highest BCUT2D eigenvalue weighted by molar-refractivity contribution is 6.11. The highest BCUT2D eigenvalue weighted by Gasteiger charge is 2.28. The Hall–Kier alpha value is -3.35. The van der Waals surface area contributed by atoms with Gasteiger partial charge < -0.3 is 19.4 Å². The summed E-state index contributed by atoms with van der Waals surface area (Å²) in [5.41, 5.74) is 3.48. The van der Waals surface area contributed by atoms with E-state index in [1.54, 1.807) is 27.7 Å². The molecular formula is C22H24N2O5. The zero-order valence-electron chi connectivity index (χ0n) is 17.1. The second-order valence-electron chi connectivity index (χ2n) is 6.93. The first kappa shape index (κ1) is 20.4. The number of carbonyl (C=O) groups is 3. The molecule has 0 bridgehead atoms. The van der Waals surface area contributed by atoms with Crippen LogP contribution in [0, 0.1) is 20.8 Å². The molecule has 3 rings (SSSR count). The van der Waals surface area contributed by atoms with Gasteiger partial charge in [-0.3, -0.25) is 4.79 Å². The summed E-state index contributed by atoms with van der Waals surface area (Å²) in [6.07, 6.45) is -0.991. The minimum absolute atomic E-state index is 0.140. The molecule has 3 aromatic rings. The fourth-order valence-corrected chi connectivity index (χ4v) is 3.53. The number of Topliss-reactive ketones (excluding diaryl/α,β-unsaturated/α-hetero) is 1. The van der Waals surface area contributed by atoms with E-state index < -0.39 is 18.0 Å². The van der Waals surface area contributed by atoms with Gasteiger partial charge in [-0.05, 0) is 46.2 Å². The Bertz CT molecular complexity index is 1110. The van der Waals surface area contributed by atoms with Gasteiger partial charge in [0.25, 0.3) is 0 Å². The Morgan fingerprint density at radius 2 is 1.62 bits per heavy atom. The molecule has 7 nitrogen and oxygen atoms in total. The lowest BCUT2D eigenvalue weighted by molar-refractivity contribution is 0.0313. The molecular weight excluding hydrogens is 372 g/mol. The zero-order valence-corrected chi connectivity index (χ0v) is 17.1. The lowest BCUT2D eigenvalue weighted by atomic mass is 10.0. The van der Waals surface area contributed by atoms with E-state index in [1.165, 1.54) is 0 Å². The molecule has 0 radical (unpaired) electrons. The van der Waals surface area contributed by atoms with Crippen molar-refractivity contribution in [1.82, 2.24) is 9.97 Å². The predicted molar refractivity (Wildman–Crippen MR) is 108 cm³/mol. The molecule has 0 fully saturated rings. The Morgan fingerprint density at radius 3 is 2.31 bits per heavy atom. The van der Waals surface area contributed by atoms with Crippen LogP contribution in [0.25, 0.3) is 10.9 Å². The van der Waals surface area contributed by atoms with Crippen molar-refractivity contribution in [3.05, 3.63) is 58.0 Å². The summed E-state index contributed by atoms with van der Waals surface area (Å²) in [5.74, 6) is -1.49. The monoisotopic (exact) mass is 396 g/mol. The van der Waals surface area contributed by atoms with Crippen molar-refractivity contribution in [1.29, 1.82) is 0 Å². The lowest BCUT2D eigenvalue weighted by Crippen LogP contribution is -2.25. The first-order valence-corrected chi connectivity index (χ1v) is 9.45. The highest BCUT2D eigenvalue weighted by atomic mass is 16.5. The first-order valence-electron chi connectivity index (χ1n) is 9.45. The number of aryl methyl sites for hydroxylation is 2. The summed E-state index contributed by atoms with van der Waals surface area (Å²) in [4.78, 5) is 43.8. The molecule has 29 heavy (non-hydrogen) atoms. The lowest BCUT2D eigenvalue weighted by Gasteiger charge is -2.12. The van der Waals surface area contributed by atoms with E-state index >= 15 is 0 Å². The van der Waals surface area contributed by atoms with Crippen molar-refractivity contribution < 1.29 is 23.9 Å². The number of hydrogen-bond donors (Lipinski definition) is 2. The molecule has 152 valence electrons. The van der Waals surface area contributed by atoms with Gasteiger partial charge in [-0.15, -0.1) is 0 Å². The van der Waals surface area contributed by atoms with Crippen LogP contribution in [0.4, 0.5) is 0 Å². The van der Waals surface area contributed by atoms with Crippen LogP contribution >= 0.6 is 0 Å². The molecule has 1 aromatic carbocycles. The molecule has 7 heteroatoms. The summed E-state index contributed by atoms with van der Waals surface area (Å²) < 4.78 is 10.5. The fourth-order valence-electron chi connectivity index (χ4n) is 3.53. The highest BCUT2D eigenvalue weighted by Crippen LogP contribution is 2.25. The van der Waals surface area contributed by atoms with Crippen LogP contribution in [-0.2, 0) is 9.47 Å². The fraction of sp³-hybridized carbons (Fsp3) is 0.318. The maximum Gasteiger partial charge on any atom is 0.355 e. The average Bonchev–Trinajstić information content (AvgIpc) is 3.16. The number of hydrogen-bond acceptors (Lipinski definition) is 5. The quantitative estimate of drug-likeness (QED) is 0.484. The van der Waals surface area contributed by atoms with Gasteiger partial charge in [0.15, 0.2) is 6.10 Å². The van der Waals surface area contributed by atoms with Gasteiger partial charge in [0.2, 0.25) is 5.78 Å². The standard InChI is InChI=1S/C22H24N2O5/c1-6-28-21(26)17-11(2)19(24-12(17)3)22(27)29-14(5)20(25)18-13(4)23-16-10-8-7-9-15(16)18/h7-10,14,23-24H,6H2,1-5H3/t14-/m0/s1. The normalized spacial score (nSPS) is 12.0. The summed E-state index contributed by atoms with van der Waals surface area (Å²) >= 11 is 0. The van der Waals surface area contributed by atoms with Crippen molar-refractivity contribution in [3.63, 3.8) is 0 Å². The van der Waals surface area contributed by atoms with Gasteiger partial charge in [0.05, 0.1) is 12.2 Å². The average molecular weight is 396 g/mol. The van der Waals surface area contributed by atoms with Gasteiger partial charge in [-0.25, -0.2) is 9.59 Å². The van der Waals surface area contributed by atoms with E-state index in [1.807, 2.05) is 31.2 Å². The molecule has 2 aromatic heterocycles. The number of H-pyrrole nitrogens is 2. The molecule has 0 spiro atoms. The number of ether oxygens (including phenoxy) is 2. The minimum atomic E-state index is -0.991. The van der Waals surface area contributed by atoms with Gasteiger partial charge >= 0.3 is 11.9 Å². The third kappa shape index (κ3) is 3.68. The molecule has 0 saturated heterocycles. The summed E-state index contributed by atoms with van der Waals surface area (Å²) in [6.45, 7) is 8.62. The zero-order chi connectivity index (χ0) is 21.3. The molecule has 0 saturated carbocycles. The molecule has 2 N–H and O–H groups in total. The summed E-state index contributed by atoms with van der Waals surface area (Å²) in [7, 11) is 0. The number of rotatable bonds is 6. The topological polar surface area (TPSA) is 101 Å². The number of para-hydroxylation sites is 1. The Labute approximate surface area is 168 Å². The summed E-state index contributed by atoms with van der Waals surface area (Å²) in [5, 5.41) is 0.786. The van der Waals surface area contributed by atoms with Crippen LogP contribution in [0.2, 0.25) is 0 Å². The van der Waals surface area contributed by atoms with Gasteiger partial charge in [-0.2, -0.15) is 0 Å². The molecule has 1 atom stereocenters. The van der Waals surface area contributed by atoms with Crippen molar-refractivity contribution in [2.45, 2.75) is 40.7 Å². The number of carbonyl (C=O) groups excluding carboxylic acids is 3. The summed E-state index contributed by atoms with van der Waals surface area (Å²) in [6, 6.07) is 7.47. The van der Waals surface area contributed by atoms with Crippen molar-refractivity contribution in [2.24, 2.45) is 0 Å². The number of benzene rings is 1.